The fourth-order valence-corrected chi connectivity index (χ4v) is 1.15. The van der Waals surface area contributed by atoms with Crippen LogP contribution in [0.15, 0.2) is 0 Å². The van der Waals surface area contributed by atoms with Gasteiger partial charge in [0.25, 0.3) is 0 Å². The first-order chi connectivity index (χ1) is 4.84. The maximum Gasteiger partial charge on any atom is 0.0587 e. The zero-order valence-electron chi connectivity index (χ0n) is 6.89. The fourth-order valence-electron chi connectivity index (χ4n) is 1.15. The maximum atomic E-state index is 4.91. The predicted octanol–water partition coefficient (Wildman–Crippen LogP) is 0.878. The lowest BCUT2D eigenvalue weighted by Gasteiger charge is -2.01. The highest BCUT2D eigenvalue weighted by Gasteiger charge is 2.31. The van der Waals surface area contributed by atoms with Crippen molar-refractivity contribution in [3.63, 3.8) is 0 Å². The largest absolute Gasteiger partial charge is 0.383 e. The normalized spacial score (nSPS) is 30.6. The van der Waals surface area contributed by atoms with Gasteiger partial charge in [0.1, 0.15) is 0 Å². The van der Waals surface area contributed by atoms with Gasteiger partial charge in [-0.05, 0) is 24.8 Å². The second-order valence-electron chi connectivity index (χ2n) is 3.17. The van der Waals surface area contributed by atoms with Crippen LogP contribution in [0.2, 0.25) is 0 Å². The summed E-state index contributed by atoms with van der Waals surface area (Å²) in [4.78, 5) is 0. The van der Waals surface area contributed by atoms with Crippen LogP contribution in [0.4, 0.5) is 0 Å². The molecule has 0 aliphatic heterocycles. The van der Waals surface area contributed by atoms with Crippen LogP contribution < -0.4 is 5.32 Å². The highest BCUT2D eigenvalue weighted by molar-refractivity contribution is 4.83. The van der Waals surface area contributed by atoms with Crippen LogP contribution in [0.5, 0.6) is 0 Å². The second-order valence-corrected chi connectivity index (χ2v) is 3.17. The molecule has 1 fully saturated rings. The topological polar surface area (TPSA) is 21.3 Å². The van der Waals surface area contributed by atoms with Gasteiger partial charge in [0.05, 0.1) is 6.61 Å². The third kappa shape index (κ3) is 2.67. The van der Waals surface area contributed by atoms with E-state index in [9.17, 15) is 0 Å². The smallest absolute Gasteiger partial charge is 0.0587 e. The van der Waals surface area contributed by atoms with E-state index in [4.69, 9.17) is 4.74 Å². The summed E-state index contributed by atoms with van der Waals surface area (Å²) in [6.07, 6.45) is 1.42. The van der Waals surface area contributed by atoms with Crippen LogP contribution in [0.3, 0.4) is 0 Å². The SMILES string of the molecule is COCCNC[C@@H]1CC1C. The Bertz CT molecular complexity index is 95.3. The minimum absolute atomic E-state index is 0.834. The van der Waals surface area contributed by atoms with Crippen LogP contribution >= 0.6 is 0 Å². The lowest BCUT2D eigenvalue weighted by atomic mass is 10.3. The van der Waals surface area contributed by atoms with Gasteiger partial charge in [-0.1, -0.05) is 6.92 Å². The molecule has 2 atom stereocenters. The molecule has 1 aliphatic rings. The summed E-state index contributed by atoms with van der Waals surface area (Å²) in [5.41, 5.74) is 0. The van der Waals surface area contributed by atoms with E-state index in [-0.39, 0.29) is 0 Å². The second kappa shape index (κ2) is 3.94. The Morgan fingerprint density at radius 3 is 2.80 bits per heavy atom. The number of rotatable bonds is 5. The van der Waals surface area contributed by atoms with Crippen molar-refractivity contribution in [2.24, 2.45) is 11.8 Å². The number of ether oxygens (including phenoxy) is 1. The van der Waals surface area contributed by atoms with Crippen LogP contribution in [-0.2, 0) is 4.74 Å². The molecule has 2 heteroatoms. The van der Waals surface area contributed by atoms with E-state index in [1.165, 1.54) is 13.0 Å². The average Bonchev–Trinajstić information content (AvgIpc) is 2.60. The Morgan fingerprint density at radius 2 is 2.30 bits per heavy atom. The van der Waals surface area contributed by atoms with Gasteiger partial charge in [0, 0.05) is 13.7 Å². The molecule has 0 amide bonds. The van der Waals surface area contributed by atoms with Gasteiger partial charge in [-0.25, -0.2) is 0 Å². The summed E-state index contributed by atoms with van der Waals surface area (Å²) in [5, 5.41) is 3.35. The van der Waals surface area contributed by atoms with Gasteiger partial charge in [-0.2, -0.15) is 0 Å². The third-order valence-electron chi connectivity index (χ3n) is 2.17. The molecule has 1 N–H and O–H groups in total. The van der Waals surface area contributed by atoms with Crippen molar-refractivity contribution in [2.75, 3.05) is 26.8 Å². The minimum atomic E-state index is 0.834. The van der Waals surface area contributed by atoms with E-state index >= 15 is 0 Å². The summed E-state index contributed by atoms with van der Waals surface area (Å²) in [6, 6.07) is 0. The molecule has 0 heterocycles. The molecule has 0 radical (unpaired) electrons. The molecule has 1 aliphatic carbocycles. The van der Waals surface area contributed by atoms with Crippen molar-refractivity contribution in [3.05, 3.63) is 0 Å². The van der Waals surface area contributed by atoms with E-state index in [0.29, 0.717) is 0 Å². The quantitative estimate of drug-likeness (QED) is 0.577. The van der Waals surface area contributed by atoms with Gasteiger partial charge in [-0.3, -0.25) is 0 Å². The van der Waals surface area contributed by atoms with E-state index in [0.717, 1.165) is 25.0 Å². The van der Waals surface area contributed by atoms with Gasteiger partial charge in [0.2, 0.25) is 0 Å². The van der Waals surface area contributed by atoms with E-state index in [1.54, 1.807) is 7.11 Å². The number of hydrogen-bond donors (Lipinski definition) is 1. The van der Waals surface area contributed by atoms with Gasteiger partial charge in [0.15, 0.2) is 0 Å². The summed E-state index contributed by atoms with van der Waals surface area (Å²) >= 11 is 0. The van der Waals surface area contributed by atoms with Crippen molar-refractivity contribution in [1.29, 1.82) is 0 Å². The van der Waals surface area contributed by atoms with Crippen LogP contribution in [0, 0.1) is 11.8 Å². The lowest BCUT2D eigenvalue weighted by Crippen LogP contribution is -2.21. The number of nitrogens with one attached hydrogen (secondary N) is 1. The monoisotopic (exact) mass is 143 g/mol. The third-order valence-corrected chi connectivity index (χ3v) is 2.17. The van der Waals surface area contributed by atoms with E-state index in [2.05, 4.69) is 12.2 Å². The number of methoxy groups -OCH3 is 1. The van der Waals surface area contributed by atoms with Gasteiger partial charge in [-0.15, -0.1) is 0 Å². The molecule has 0 aromatic carbocycles. The maximum absolute atomic E-state index is 4.91. The zero-order valence-corrected chi connectivity index (χ0v) is 6.89. The molecule has 1 saturated carbocycles. The van der Waals surface area contributed by atoms with E-state index < -0.39 is 0 Å². The van der Waals surface area contributed by atoms with Crippen molar-refractivity contribution in [3.8, 4) is 0 Å². The summed E-state index contributed by atoms with van der Waals surface area (Å²) in [7, 11) is 1.74. The Kier molecular flexibility index (Phi) is 3.16. The van der Waals surface area contributed by atoms with Gasteiger partial charge >= 0.3 is 0 Å². The van der Waals surface area contributed by atoms with Crippen molar-refractivity contribution >= 4 is 0 Å². The molecule has 0 aromatic heterocycles. The lowest BCUT2D eigenvalue weighted by molar-refractivity contribution is 0.199. The summed E-state index contributed by atoms with van der Waals surface area (Å²) in [5.74, 6) is 1.92. The molecule has 1 rings (SSSR count). The standard InChI is InChI=1S/C8H17NO/c1-7-5-8(7)6-9-3-4-10-2/h7-9H,3-6H2,1-2H3/t7?,8-/m0/s1. The van der Waals surface area contributed by atoms with Crippen LogP contribution in [-0.4, -0.2) is 26.8 Å². The molecule has 0 bridgehead atoms. The molecule has 1 unspecified atom stereocenters. The van der Waals surface area contributed by atoms with Crippen molar-refractivity contribution in [2.45, 2.75) is 13.3 Å². The molecule has 60 valence electrons. The molecule has 10 heavy (non-hydrogen) atoms. The zero-order chi connectivity index (χ0) is 7.40. The van der Waals surface area contributed by atoms with Crippen molar-refractivity contribution in [1.82, 2.24) is 5.32 Å². The molecular weight excluding hydrogens is 126 g/mol. The van der Waals surface area contributed by atoms with Gasteiger partial charge < -0.3 is 10.1 Å². The first-order valence-electron chi connectivity index (χ1n) is 4.04. The average molecular weight is 143 g/mol. The van der Waals surface area contributed by atoms with Crippen LogP contribution in [0.1, 0.15) is 13.3 Å². The Hall–Kier alpha value is -0.0800. The summed E-state index contributed by atoms with van der Waals surface area (Å²) in [6.45, 7) is 5.33. The highest BCUT2D eigenvalue weighted by atomic mass is 16.5. The Labute approximate surface area is 63.0 Å². The van der Waals surface area contributed by atoms with E-state index in [1.807, 2.05) is 0 Å². The highest BCUT2D eigenvalue weighted by Crippen LogP contribution is 2.36. The number of hydrogen-bond acceptors (Lipinski definition) is 2. The first-order valence-corrected chi connectivity index (χ1v) is 4.04. The molecule has 0 spiro atoms. The van der Waals surface area contributed by atoms with Crippen molar-refractivity contribution < 1.29 is 4.74 Å². The molecular formula is C8H17NO. The van der Waals surface area contributed by atoms with Crippen LogP contribution in [0.25, 0.3) is 0 Å². The molecule has 2 nitrogen and oxygen atoms in total. The Morgan fingerprint density at radius 1 is 1.60 bits per heavy atom. The Balaban J connectivity index is 1.78. The minimum Gasteiger partial charge on any atom is -0.383 e. The molecule has 0 aromatic rings. The molecule has 0 saturated heterocycles. The predicted molar refractivity (Wildman–Crippen MR) is 42.0 cm³/mol. The summed E-state index contributed by atoms with van der Waals surface area (Å²) < 4.78 is 4.91. The first kappa shape index (κ1) is 8.02. The fraction of sp³-hybridized carbons (Fsp3) is 1.00.